The maximum atomic E-state index is 6.65. The molecule has 96 valence electrons. The van der Waals surface area contributed by atoms with Crippen LogP contribution < -0.4 is 11.5 Å². The number of anilines is 1. The molecule has 4 N–H and O–H groups in total. The summed E-state index contributed by atoms with van der Waals surface area (Å²) in [6.45, 7) is 0. The van der Waals surface area contributed by atoms with Crippen LogP contribution in [-0.4, -0.2) is 5.54 Å². The molecule has 2 unspecified atom stereocenters. The van der Waals surface area contributed by atoms with Crippen LogP contribution in [0, 0.1) is 11.8 Å². The van der Waals surface area contributed by atoms with Crippen molar-refractivity contribution in [3.8, 4) is 0 Å². The molecule has 18 heavy (non-hydrogen) atoms. The lowest BCUT2D eigenvalue weighted by Gasteiger charge is -2.61. The molecule has 1 aromatic rings. The molecule has 0 heterocycles. The average molecular weight is 242 g/mol. The molecule has 4 atom stereocenters. The van der Waals surface area contributed by atoms with E-state index in [-0.39, 0.29) is 5.54 Å². The zero-order valence-corrected chi connectivity index (χ0v) is 10.9. The fraction of sp³-hybridized carbons (Fsp3) is 0.625. The van der Waals surface area contributed by atoms with Gasteiger partial charge in [0.15, 0.2) is 0 Å². The molecular weight excluding hydrogens is 220 g/mol. The fourth-order valence-electron chi connectivity index (χ4n) is 5.51. The van der Waals surface area contributed by atoms with E-state index in [0.29, 0.717) is 5.41 Å². The Kier molecular flexibility index (Phi) is 1.99. The van der Waals surface area contributed by atoms with Crippen LogP contribution in [0.15, 0.2) is 24.3 Å². The Bertz CT molecular complexity index is 462. The molecule has 4 fully saturated rings. The second-order valence-electron chi connectivity index (χ2n) is 7.23. The molecule has 0 saturated heterocycles. The van der Waals surface area contributed by atoms with Gasteiger partial charge in [-0.05, 0) is 73.5 Å². The van der Waals surface area contributed by atoms with Crippen LogP contribution >= 0.6 is 0 Å². The fourth-order valence-corrected chi connectivity index (χ4v) is 5.51. The number of hydrogen-bond donors (Lipinski definition) is 2. The van der Waals surface area contributed by atoms with E-state index >= 15 is 0 Å². The lowest BCUT2D eigenvalue weighted by atomic mass is 9.45. The standard InChI is InChI=1S/C16H22N2/c17-14-3-1-13(2-4-14)15-6-11-5-12(7-15)9-16(18,8-11)10-15/h1-4,11-12H,5-10,17-18H2/t11-,12+,15?,16?. The van der Waals surface area contributed by atoms with Crippen LogP contribution in [-0.2, 0) is 5.41 Å². The molecule has 0 amide bonds. The summed E-state index contributed by atoms with van der Waals surface area (Å²) < 4.78 is 0. The number of nitrogen functional groups attached to an aromatic ring is 1. The number of nitrogens with two attached hydrogens (primary N) is 2. The zero-order chi connectivity index (χ0) is 12.4. The Morgan fingerprint density at radius 1 is 0.944 bits per heavy atom. The van der Waals surface area contributed by atoms with Crippen molar-refractivity contribution in [1.82, 2.24) is 0 Å². The van der Waals surface area contributed by atoms with Gasteiger partial charge in [0.05, 0.1) is 0 Å². The third-order valence-electron chi connectivity index (χ3n) is 5.63. The van der Waals surface area contributed by atoms with E-state index in [9.17, 15) is 0 Å². The molecule has 4 aliphatic rings. The quantitative estimate of drug-likeness (QED) is 0.744. The van der Waals surface area contributed by atoms with E-state index in [1.54, 1.807) is 0 Å². The minimum Gasteiger partial charge on any atom is -0.399 e. The minimum atomic E-state index is 0.130. The molecule has 1 aromatic carbocycles. The van der Waals surface area contributed by atoms with Crippen molar-refractivity contribution >= 4 is 5.69 Å². The van der Waals surface area contributed by atoms with Crippen molar-refractivity contribution in [3.63, 3.8) is 0 Å². The average Bonchev–Trinajstić information content (AvgIpc) is 2.26. The third-order valence-corrected chi connectivity index (χ3v) is 5.63. The normalized spacial score (nSPS) is 45.4. The van der Waals surface area contributed by atoms with E-state index in [0.717, 1.165) is 17.5 Å². The molecular formula is C16H22N2. The third kappa shape index (κ3) is 1.45. The summed E-state index contributed by atoms with van der Waals surface area (Å²) in [5.74, 6) is 1.74. The molecule has 0 spiro atoms. The van der Waals surface area contributed by atoms with Gasteiger partial charge in [0.2, 0.25) is 0 Å². The lowest BCUT2D eigenvalue weighted by molar-refractivity contribution is -0.0227. The van der Waals surface area contributed by atoms with Gasteiger partial charge in [-0.3, -0.25) is 0 Å². The predicted octanol–water partition coefficient (Wildman–Crippen LogP) is 2.82. The Morgan fingerprint density at radius 2 is 1.56 bits per heavy atom. The first kappa shape index (κ1) is 10.9. The molecule has 0 radical (unpaired) electrons. The summed E-state index contributed by atoms with van der Waals surface area (Å²) in [7, 11) is 0. The first-order valence-corrected chi connectivity index (χ1v) is 7.22. The van der Waals surface area contributed by atoms with Crippen molar-refractivity contribution in [3.05, 3.63) is 29.8 Å². The van der Waals surface area contributed by atoms with Gasteiger partial charge in [0.25, 0.3) is 0 Å². The van der Waals surface area contributed by atoms with Crippen LogP contribution in [0.4, 0.5) is 5.69 Å². The van der Waals surface area contributed by atoms with Gasteiger partial charge in [-0.15, -0.1) is 0 Å². The van der Waals surface area contributed by atoms with Crippen molar-refractivity contribution in [2.75, 3.05) is 5.73 Å². The molecule has 2 nitrogen and oxygen atoms in total. The van der Waals surface area contributed by atoms with Crippen molar-refractivity contribution in [1.29, 1.82) is 0 Å². The van der Waals surface area contributed by atoms with Gasteiger partial charge in [-0.1, -0.05) is 12.1 Å². The lowest BCUT2D eigenvalue weighted by Crippen LogP contribution is -2.61. The highest BCUT2D eigenvalue weighted by atomic mass is 14.8. The topological polar surface area (TPSA) is 52.0 Å². The van der Waals surface area contributed by atoms with Gasteiger partial charge >= 0.3 is 0 Å². The molecule has 2 heteroatoms. The summed E-state index contributed by atoms with van der Waals surface area (Å²) >= 11 is 0. The summed E-state index contributed by atoms with van der Waals surface area (Å²) in [6, 6.07) is 8.59. The van der Waals surface area contributed by atoms with Crippen molar-refractivity contribution < 1.29 is 0 Å². The molecule has 4 bridgehead atoms. The van der Waals surface area contributed by atoms with Crippen LogP contribution in [0.1, 0.15) is 44.1 Å². The van der Waals surface area contributed by atoms with Gasteiger partial charge in [-0.25, -0.2) is 0 Å². The monoisotopic (exact) mass is 242 g/mol. The maximum Gasteiger partial charge on any atom is 0.0314 e. The largest absolute Gasteiger partial charge is 0.399 e. The summed E-state index contributed by atoms with van der Waals surface area (Å²) in [5.41, 5.74) is 15.3. The molecule has 0 aromatic heterocycles. The number of benzene rings is 1. The highest BCUT2D eigenvalue weighted by Crippen LogP contribution is 2.61. The summed E-state index contributed by atoms with van der Waals surface area (Å²) in [4.78, 5) is 0. The zero-order valence-electron chi connectivity index (χ0n) is 10.9. The van der Waals surface area contributed by atoms with Gasteiger partial charge in [0.1, 0.15) is 0 Å². The Morgan fingerprint density at radius 3 is 2.11 bits per heavy atom. The maximum absolute atomic E-state index is 6.65. The molecule has 4 aliphatic carbocycles. The van der Waals surface area contributed by atoms with E-state index in [4.69, 9.17) is 11.5 Å². The van der Waals surface area contributed by atoms with E-state index in [1.807, 2.05) is 0 Å². The second kappa shape index (κ2) is 3.30. The van der Waals surface area contributed by atoms with Gasteiger partial charge in [0, 0.05) is 11.2 Å². The van der Waals surface area contributed by atoms with Crippen LogP contribution in [0.5, 0.6) is 0 Å². The van der Waals surface area contributed by atoms with Crippen molar-refractivity contribution in [2.45, 2.75) is 49.5 Å². The summed E-state index contributed by atoms with van der Waals surface area (Å²) in [6.07, 6.45) is 7.85. The Balaban J connectivity index is 1.77. The Hall–Kier alpha value is -1.02. The SMILES string of the molecule is Nc1ccc(C23C[C@@H]4C[C@@H](CC(N)(C4)C2)C3)cc1. The van der Waals surface area contributed by atoms with Gasteiger partial charge < -0.3 is 11.5 Å². The predicted molar refractivity (Wildman–Crippen MR) is 74.1 cm³/mol. The Labute approximate surface area is 109 Å². The second-order valence-corrected chi connectivity index (χ2v) is 7.23. The first-order chi connectivity index (χ1) is 8.57. The summed E-state index contributed by atoms with van der Waals surface area (Å²) in [5, 5.41) is 0. The van der Waals surface area contributed by atoms with E-state index < -0.39 is 0 Å². The van der Waals surface area contributed by atoms with Crippen LogP contribution in [0.2, 0.25) is 0 Å². The highest BCUT2D eigenvalue weighted by molar-refractivity contribution is 5.43. The van der Waals surface area contributed by atoms with E-state index in [1.165, 1.54) is 44.1 Å². The number of rotatable bonds is 1. The minimum absolute atomic E-state index is 0.130. The molecule has 0 aliphatic heterocycles. The smallest absolute Gasteiger partial charge is 0.0314 e. The molecule has 4 saturated carbocycles. The first-order valence-electron chi connectivity index (χ1n) is 7.22. The highest BCUT2D eigenvalue weighted by Gasteiger charge is 2.56. The molecule has 5 rings (SSSR count). The van der Waals surface area contributed by atoms with Crippen molar-refractivity contribution in [2.24, 2.45) is 17.6 Å². The van der Waals surface area contributed by atoms with Crippen LogP contribution in [0.25, 0.3) is 0 Å². The number of hydrogen-bond acceptors (Lipinski definition) is 2. The van der Waals surface area contributed by atoms with E-state index in [2.05, 4.69) is 24.3 Å². The van der Waals surface area contributed by atoms with Gasteiger partial charge in [-0.2, -0.15) is 0 Å². The van der Waals surface area contributed by atoms with Crippen LogP contribution in [0.3, 0.4) is 0 Å².